The fourth-order valence-electron chi connectivity index (χ4n) is 4.24. The van der Waals surface area contributed by atoms with E-state index in [0.29, 0.717) is 17.3 Å². The Morgan fingerprint density at radius 3 is 2.81 bits per heavy atom. The standard InChI is InChI=1S/C22H19F3N6/c23-22(24,25)21-20(28-30-29-21)15-8-9-26-18(10-15)19-12-31(13-27-19)11-16-6-3-5-14-4-1-2-7-17(14)16/h1-2,4,7-10,12-13,16H,3,5-6,11H2,(H,28,29,30)/t16-/m0/s1. The van der Waals surface area contributed by atoms with Crippen molar-refractivity contribution in [2.24, 2.45) is 0 Å². The molecule has 158 valence electrons. The van der Waals surface area contributed by atoms with Gasteiger partial charge in [0, 0.05) is 30.4 Å². The molecule has 9 heteroatoms. The molecule has 3 heterocycles. The van der Waals surface area contributed by atoms with E-state index in [0.717, 1.165) is 25.8 Å². The number of alkyl halides is 3. The molecule has 3 aromatic heterocycles. The smallest absolute Gasteiger partial charge is 0.336 e. The van der Waals surface area contributed by atoms with Gasteiger partial charge < -0.3 is 4.57 Å². The maximum Gasteiger partial charge on any atom is 0.437 e. The van der Waals surface area contributed by atoms with E-state index in [1.54, 1.807) is 12.4 Å². The van der Waals surface area contributed by atoms with Gasteiger partial charge >= 0.3 is 6.18 Å². The normalized spacial score (nSPS) is 16.3. The molecule has 0 amide bonds. The van der Waals surface area contributed by atoms with E-state index in [4.69, 9.17) is 0 Å². The second-order valence-corrected chi connectivity index (χ2v) is 7.69. The number of benzene rings is 1. The van der Waals surface area contributed by atoms with E-state index >= 15 is 0 Å². The van der Waals surface area contributed by atoms with Gasteiger partial charge in [0.25, 0.3) is 0 Å². The van der Waals surface area contributed by atoms with Crippen LogP contribution < -0.4 is 0 Å². The first-order chi connectivity index (χ1) is 15.0. The number of rotatable bonds is 4. The number of hydrogen-bond donors (Lipinski definition) is 1. The summed E-state index contributed by atoms with van der Waals surface area (Å²) in [6.07, 6.45) is 3.88. The third-order valence-corrected chi connectivity index (χ3v) is 5.67. The maximum absolute atomic E-state index is 13.2. The third-order valence-electron chi connectivity index (χ3n) is 5.67. The summed E-state index contributed by atoms with van der Waals surface area (Å²) in [5.41, 5.74) is 2.85. The highest BCUT2D eigenvalue weighted by atomic mass is 19.4. The quantitative estimate of drug-likeness (QED) is 0.507. The van der Waals surface area contributed by atoms with Crippen molar-refractivity contribution in [3.05, 3.63) is 71.9 Å². The topological polar surface area (TPSA) is 72.3 Å². The number of imidazole rings is 1. The molecule has 0 fully saturated rings. The van der Waals surface area contributed by atoms with Gasteiger partial charge in [-0.3, -0.25) is 4.98 Å². The van der Waals surface area contributed by atoms with Crippen LogP contribution in [-0.4, -0.2) is 29.9 Å². The molecule has 1 atom stereocenters. The number of pyridine rings is 1. The van der Waals surface area contributed by atoms with Crippen LogP contribution in [0.3, 0.4) is 0 Å². The molecule has 0 spiro atoms. The summed E-state index contributed by atoms with van der Waals surface area (Å²) in [4.78, 5) is 8.73. The van der Waals surface area contributed by atoms with E-state index in [1.165, 1.54) is 23.4 Å². The van der Waals surface area contributed by atoms with Crippen LogP contribution in [0, 0.1) is 0 Å². The minimum Gasteiger partial charge on any atom is -0.336 e. The highest BCUT2D eigenvalue weighted by molar-refractivity contribution is 5.67. The van der Waals surface area contributed by atoms with E-state index < -0.39 is 11.9 Å². The zero-order valence-corrected chi connectivity index (χ0v) is 16.5. The number of hydrogen-bond acceptors (Lipinski definition) is 4. The number of fused-ring (bicyclic) bond motifs is 1. The summed E-state index contributed by atoms with van der Waals surface area (Å²) in [6, 6.07) is 11.6. The van der Waals surface area contributed by atoms with Gasteiger partial charge in [-0.1, -0.05) is 24.3 Å². The van der Waals surface area contributed by atoms with Crippen LogP contribution >= 0.6 is 0 Å². The van der Waals surface area contributed by atoms with Gasteiger partial charge in [-0.15, -0.1) is 0 Å². The first kappa shape index (κ1) is 19.5. The Morgan fingerprint density at radius 2 is 1.94 bits per heavy atom. The number of halogens is 3. The summed E-state index contributed by atoms with van der Waals surface area (Å²) < 4.78 is 41.5. The third kappa shape index (κ3) is 3.83. The van der Waals surface area contributed by atoms with Crippen molar-refractivity contribution in [2.45, 2.75) is 37.9 Å². The minimum atomic E-state index is -4.59. The van der Waals surface area contributed by atoms with Crippen molar-refractivity contribution in [1.29, 1.82) is 0 Å². The molecule has 4 aromatic rings. The van der Waals surface area contributed by atoms with Gasteiger partial charge in [-0.05, 0) is 42.5 Å². The second kappa shape index (κ2) is 7.64. The van der Waals surface area contributed by atoms with Crippen LogP contribution in [-0.2, 0) is 19.1 Å². The van der Waals surface area contributed by atoms with Gasteiger partial charge in [-0.25, -0.2) is 4.98 Å². The summed E-state index contributed by atoms with van der Waals surface area (Å²) >= 11 is 0. The van der Waals surface area contributed by atoms with Gasteiger partial charge in [0.15, 0.2) is 5.69 Å². The Labute approximate surface area is 176 Å². The van der Waals surface area contributed by atoms with Gasteiger partial charge in [0.05, 0.1) is 12.0 Å². The fourth-order valence-corrected chi connectivity index (χ4v) is 4.24. The summed E-state index contributed by atoms with van der Waals surface area (Å²) in [5, 5.41) is 8.99. The van der Waals surface area contributed by atoms with Crippen LogP contribution in [0.2, 0.25) is 0 Å². The van der Waals surface area contributed by atoms with Crippen LogP contribution in [0.4, 0.5) is 13.2 Å². The highest BCUT2D eigenvalue weighted by Crippen LogP contribution is 2.35. The zero-order chi connectivity index (χ0) is 21.4. The molecular formula is C22H19F3N6. The molecule has 6 nitrogen and oxygen atoms in total. The molecule has 0 bridgehead atoms. The van der Waals surface area contributed by atoms with Crippen molar-refractivity contribution in [1.82, 2.24) is 29.9 Å². The van der Waals surface area contributed by atoms with Crippen molar-refractivity contribution in [3.8, 4) is 22.6 Å². The average Bonchev–Trinajstić information content (AvgIpc) is 3.44. The Balaban J connectivity index is 1.40. The predicted octanol–water partition coefficient (Wildman–Crippen LogP) is 4.87. The SMILES string of the molecule is FC(F)(F)c1n[nH]nc1-c1ccnc(-c2cn(C[C@@H]3CCCc4ccccc43)cn2)c1. The van der Waals surface area contributed by atoms with Crippen molar-refractivity contribution in [2.75, 3.05) is 0 Å². The van der Waals surface area contributed by atoms with Crippen molar-refractivity contribution in [3.63, 3.8) is 0 Å². The Hall–Kier alpha value is -3.49. The first-order valence-corrected chi connectivity index (χ1v) is 10.0. The number of aryl methyl sites for hydroxylation is 1. The molecule has 0 radical (unpaired) electrons. The number of H-pyrrole nitrogens is 1. The number of aromatic nitrogens is 6. The molecule has 1 N–H and O–H groups in total. The molecule has 0 saturated heterocycles. The van der Waals surface area contributed by atoms with E-state index in [2.05, 4.69) is 49.6 Å². The monoisotopic (exact) mass is 424 g/mol. The minimum absolute atomic E-state index is 0.255. The Kier molecular flexibility index (Phi) is 4.80. The lowest BCUT2D eigenvalue weighted by Gasteiger charge is -2.25. The Bertz CT molecular complexity index is 1210. The summed E-state index contributed by atoms with van der Waals surface area (Å²) in [5.74, 6) is 0.413. The van der Waals surface area contributed by atoms with Crippen molar-refractivity contribution >= 4 is 0 Å². The number of nitrogens with zero attached hydrogens (tertiary/aromatic N) is 5. The average molecular weight is 424 g/mol. The largest absolute Gasteiger partial charge is 0.437 e. The lowest BCUT2D eigenvalue weighted by molar-refractivity contribution is -0.140. The Morgan fingerprint density at radius 1 is 1.06 bits per heavy atom. The molecule has 1 aliphatic rings. The maximum atomic E-state index is 13.2. The molecule has 0 aliphatic heterocycles. The number of nitrogens with one attached hydrogen (secondary N) is 1. The lowest BCUT2D eigenvalue weighted by Crippen LogP contribution is -2.14. The van der Waals surface area contributed by atoms with E-state index in [1.807, 2.05) is 10.8 Å². The van der Waals surface area contributed by atoms with Crippen LogP contribution in [0.15, 0.2) is 55.1 Å². The molecule has 5 rings (SSSR count). The molecule has 1 aromatic carbocycles. The number of aromatic amines is 1. The molecule has 1 aliphatic carbocycles. The highest BCUT2D eigenvalue weighted by Gasteiger charge is 2.38. The van der Waals surface area contributed by atoms with E-state index in [-0.39, 0.29) is 11.3 Å². The van der Waals surface area contributed by atoms with Gasteiger partial charge in [0.2, 0.25) is 0 Å². The molecule has 0 unspecified atom stereocenters. The zero-order valence-electron chi connectivity index (χ0n) is 16.5. The molecule has 31 heavy (non-hydrogen) atoms. The van der Waals surface area contributed by atoms with Gasteiger partial charge in [-0.2, -0.15) is 28.6 Å². The molecule has 0 saturated carbocycles. The van der Waals surface area contributed by atoms with Crippen LogP contribution in [0.1, 0.15) is 35.6 Å². The first-order valence-electron chi connectivity index (χ1n) is 10.0. The fraction of sp³-hybridized carbons (Fsp3) is 0.273. The van der Waals surface area contributed by atoms with Gasteiger partial charge in [0.1, 0.15) is 11.4 Å². The summed E-state index contributed by atoms with van der Waals surface area (Å²) in [6.45, 7) is 0.797. The van der Waals surface area contributed by atoms with Crippen molar-refractivity contribution < 1.29 is 13.2 Å². The second-order valence-electron chi connectivity index (χ2n) is 7.69. The van der Waals surface area contributed by atoms with Crippen LogP contribution in [0.5, 0.6) is 0 Å². The van der Waals surface area contributed by atoms with E-state index in [9.17, 15) is 13.2 Å². The summed E-state index contributed by atoms with van der Waals surface area (Å²) in [7, 11) is 0. The molecular weight excluding hydrogens is 405 g/mol. The predicted molar refractivity (Wildman–Crippen MR) is 108 cm³/mol. The lowest BCUT2D eigenvalue weighted by atomic mass is 9.83. The van der Waals surface area contributed by atoms with Crippen LogP contribution in [0.25, 0.3) is 22.6 Å².